The standard InChI is InChI=1S/C18H19FN2O2/c1-3-14-4-10-17(11-5-14)21(13(2)22)12-18(23)20-16-8-6-15(19)7-9-16/h4-11H,3,12H2,1-2H3,(H,20,23). The number of anilines is 2. The quantitative estimate of drug-likeness (QED) is 0.920. The molecule has 0 unspecified atom stereocenters. The Morgan fingerprint density at radius 1 is 1.04 bits per heavy atom. The van der Waals surface area contributed by atoms with Crippen molar-refractivity contribution in [1.29, 1.82) is 0 Å². The third kappa shape index (κ3) is 4.64. The first-order valence-electron chi connectivity index (χ1n) is 7.42. The van der Waals surface area contributed by atoms with E-state index in [9.17, 15) is 14.0 Å². The van der Waals surface area contributed by atoms with E-state index in [0.717, 1.165) is 12.0 Å². The molecule has 1 N–H and O–H groups in total. The number of nitrogens with zero attached hydrogens (tertiary/aromatic N) is 1. The van der Waals surface area contributed by atoms with Gasteiger partial charge in [0, 0.05) is 18.3 Å². The van der Waals surface area contributed by atoms with Crippen molar-refractivity contribution >= 4 is 23.2 Å². The van der Waals surface area contributed by atoms with Crippen molar-refractivity contribution in [1.82, 2.24) is 0 Å². The molecule has 2 aromatic carbocycles. The zero-order chi connectivity index (χ0) is 16.8. The zero-order valence-corrected chi connectivity index (χ0v) is 13.2. The second-order valence-electron chi connectivity index (χ2n) is 5.18. The fourth-order valence-electron chi connectivity index (χ4n) is 2.17. The first-order chi connectivity index (χ1) is 11.0. The molecule has 0 aromatic heterocycles. The van der Waals surface area contributed by atoms with Crippen molar-refractivity contribution < 1.29 is 14.0 Å². The summed E-state index contributed by atoms with van der Waals surface area (Å²) in [5, 5.41) is 2.65. The highest BCUT2D eigenvalue weighted by atomic mass is 19.1. The minimum absolute atomic E-state index is 0.0990. The van der Waals surface area contributed by atoms with Gasteiger partial charge in [-0.15, -0.1) is 0 Å². The monoisotopic (exact) mass is 314 g/mol. The summed E-state index contributed by atoms with van der Waals surface area (Å²) in [5.41, 5.74) is 2.32. The number of benzene rings is 2. The molecule has 2 rings (SSSR count). The lowest BCUT2D eigenvalue weighted by molar-refractivity contribution is -0.120. The van der Waals surface area contributed by atoms with Crippen LogP contribution in [0.5, 0.6) is 0 Å². The van der Waals surface area contributed by atoms with Crippen LogP contribution in [0.2, 0.25) is 0 Å². The van der Waals surface area contributed by atoms with Gasteiger partial charge in [-0.25, -0.2) is 4.39 Å². The normalized spacial score (nSPS) is 10.2. The SMILES string of the molecule is CCc1ccc(N(CC(=O)Nc2ccc(F)cc2)C(C)=O)cc1. The summed E-state index contributed by atoms with van der Waals surface area (Å²) in [6, 6.07) is 13.0. The highest BCUT2D eigenvalue weighted by Gasteiger charge is 2.15. The Balaban J connectivity index is 2.07. The van der Waals surface area contributed by atoms with E-state index >= 15 is 0 Å². The maximum absolute atomic E-state index is 12.9. The average molecular weight is 314 g/mol. The molecule has 0 aliphatic heterocycles. The third-order valence-electron chi connectivity index (χ3n) is 3.47. The van der Waals surface area contributed by atoms with Gasteiger partial charge in [0.05, 0.1) is 0 Å². The molecule has 5 heteroatoms. The van der Waals surface area contributed by atoms with Crippen LogP contribution in [0.3, 0.4) is 0 Å². The predicted octanol–water partition coefficient (Wildman–Crippen LogP) is 3.38. The molecular formula is C18H19FN2O2. The van der Waals surface area contributed by atoms with Crippen molar-refractivity contribution in [2.75, 3.05) is 16.8 Å². The number of hydrogen-bond acceptors (Lipinski definition) is 2. The van der Waals surface area contributed by atoms with Crippen LogP contribution in [-0.2, 0) is 16.0 Å². The van der Waals surface area contributed by atoms with Crippen LogP contribution in [0.15, 0.2) is 48.5 Å². The highest BCUT2D eigenvalue weighted by molar-refractivity contribution is 6.01. The van der Waals surface area contributed by atoms with Gasteiger partial charge in [-0.2, -0.15) is 0 Å². The van der Waals surface area contributed by atoms with E-state index in [1.54, 1.807) is 0 Å². The van der Waals surface area contributed by atoms with Crippen LogP contribution >= 0.6 is 0 Å². The van der Waals surface area contributed by atoms with Gasteiger partial charge in [-0.1, -0.05) is 19.1 Å². The molecule has 120 valence electrons. The summed E-state index contributed by atoms with van der Waals surface area (Å²) >= 11 is 0. The van der Waals surface area contributed by atoms with Crippen molar-refractivity contribution in [3.05, 3.63) is 59.9 Å². The van der Waals surface area contributed by atoms with E-state index < -0.39 is 0 Å². The van der Waals surface area contributed by atoms with Crippen molar-refractivity contribution in [2.45, 2.75) is 20.3 Å². The van der Waals surface area contributed by atoms with Crippen molar-refractivity contribution in [3.63, 3.8) is 0 Å². The van der Waals surface area contributed by atoms with Crippen LogP contribution in [0.25, 0.3) is 0 Å². The number of aryl methyl sites for hydroxylation is 1. The van der Waals surface area contributed by atoms with Gasteiger partial charge in [0.2, 0.25) is 11.8 Å². The molecule has 2 amide bonds. The molecule has 0 heterocycles. The summed E-state index contributed by atoms with van der Waals surface area (Å²) in [6.07, 6.45) is 0.908. The van der Waals surface area contributed by atoms with E-state index in [1.165, 1.54) is 36.1 Å². The van der Waals surface area contributed by atoms with Crippen LogP contribution < -0.4 is 10.2 Å². The van der Waals surface area contributed by atoms with E-state index in [0.29, 0.717) is 11.4 Å². The smallest absolute Gasteiger partial charge is 0.244 e. The lowest BCUT2D eigenvalue weighted by atomic mass is 10.1. The Kier molecular flexibility index (Phi) is 5.46. The minimum Gasteiger partial charge on any atom is -0.325 e. The number of halogens is 1. The Labute approximate surface area is 134 Å². The summed E-state index contributed by atoms with van der Waals surface area (Å²) in [4.78, 5) is 25.3. The van der Waals surface area contributed by atoms with Crippen molar-refractivity contribution in [2.24, 2.45) is 0 Å². The molecule has 0 spiro atoms. The van der Waals surface area contributed by atoms with Crippen LogP contribution in [0.4, 0.5) is 15.8 Å². The molecule has 0 aliphatic carbocycles. The molecule has 0 saturated carbocycles. The molecule has 0 bridgehead atoms. The van der Waals surface area contributed by atoms with E-state index in [-0.39, 0.29) is 24.2 Å². The molecule has 0 radical (unpaired) electrons. The van der Waals surface area contributed by atoms with Gasteiger partial charge in [0.15, 0.2) is 0 Å². The largest absolute Gasteiger partial charge is 0.325 e. The molecule has 23 heavy (non-hydrogen) atoms. The Hall–Kier alpha value is -2.69. The van der Waals surface area contributed by atoms with Crippen LogP contribution in [0.1, 0.15) is 19.4 Å². The van der Waals surface area contributed by atoms with Gasteiger partial charge in [0.25, 0.3) is 0 Å². The number of rotatable bonds is 5. The summed E-state index contributed by atoms with van der Waals surface area (Å²) < 4.78 is 12.9. The number of nitrogens with one attached hydrogen (secondary N) is 1. The van der Waals surface area contributed by atoms with Crippen molar-refractivity contribution in [3.8, 4) is 0 Å². The predicted molar refractivity (Wildman–Crippen MR) is 88.9 cm³/mol. The average Bonchev–Trinajstić information content (AvgIpc) is 2.55. The van der Waals surface area contributed by atoms with E-state index in [2.05, 4.69) is 5.32 Å². The Morgan fingerprint density at radius 2 is 1.65 bits per heavy atom. The fourth-order valence-corrected chi connectivity index (χ4v) is 2.17. The van der Waals surface area contributed by atoms with Crippen LogP contribution in [0, 0.1) is 5.82 Å². The number of carbonyl (C=O) groups excluding carboxylic acids is 2. The molecule has 0 fully saturated rings. The van der Waals surface area contributed by atoms with E-state index in [4.69, 9.17) is 0 Å². The molecule has 4 nitrogen and oxygen atoms in total. The van der Waals surface area contributed by atoms with E-state index in [1.807, 2.05) is 31.2 Å². The first-order valence-corrected chi connectivity index (χ1v) is 7.42. The maximum atomic E-state index is 12.9. The van der Waals surface area contributed by atoms with Gasteiger partial charge < -0.3 is 10.2 Å². The fraction of sp³-hybridized carbons (Fsp3) is 0.222. The van der Waals surface area contributed by atoms with Gasteiger partial charge >= 0.3 is 0 Å². The van der Waals surface area contributed by atoms with Gasteiger partial charge in [-0.3, -0.25) is 9.59 Å². The Morgan fingerprint density at radius 3 is 2.17 bits per heavy atom. The molecule has 0 aliphatic rings. The molecule has 2 aromatic rings. The summed E-state index contributed by atoms with van der Waals surface area (Å²) in [7, 11) is 0. The molecule has 0 saturated heterocycles. The Bertz CT molecular complexity index is 681. The molecule has 0 atom stereocenters. The zero-order valence-electron chi connectivity index (χ0n) is 13.2. The maximum Gasteiger partial charge on any atom is 0.244 e. The topological polar surface area (TPSA) is 49.4 Å². The third-order valence-corrected chi connectivity index (χ3v) is 3.47. The van der Waals surface area contributed by atoms with Gasteiger partial charge in [-0.05, 0) is 48.4 Å². The minimum atomic E-state index is -0.371. The molecular weight excluding hydrogens is 295 g/mol. The summed E-state index contributed by atoms with van der Waals surface area (Å²) in [5.74, 6) is -0.931. The second kappa shape index (κ2) is 7.54. The number of amides is 2. The van der Waals surface area contributed by atoms with Gasteiger partial charge in [0.1, 0.15) is 12.4 Å². The summed E-state index contributed by atoms with van der Waals surface area (Å²) in [6.45, 7) is 3.37. The lowest BCUT2D eigenvalue weighted by Crippen LogP contribution is -2.36. The first kappa shape index (κ1) is 16.7. The highest BCUT2D eigenvalue weighted by Crippen LogP contribution is 2.16. The second-order valence-corrected chi connectivity index (χ2v) is 5.18. The number of hydrogen-bond donors (Lipinski definition) is 1. The lowest BCUT2D eigenvalue weighted by Gasteiger charge is -2.21. The van der Waals surface area contributed by atoms with Crippen LogP contribution in [-0.4, -0.2) is 18.4 Å². The number of carbonyl (C=O) groups is 2.